The lowest BCUT2D eigenvalue weighted by Crippen LogP contribution is -2.29. The molecule has 37 heavy (non-hydrogen) atoms. The van der Waals surface area contributed by atoms with Gasteiger partial charge in [0.05, 0.1) is 30.5 Å². The maximum absolute atomic E-state index is 11.7. The van der Waals surface area contributed by atoms with Crippen molar-refractivity contribution in [3.63, 3.8) is 0 Å². The van der Waals surface area contributed by atoms with Crippen molar-refractivity contribution in [2.45, 2.75) is 32.9 Å². The van der Waals surface area contributed by atoms with Crippen LogP contribution in [0.3, 0.4) is 0 Å². The minimum Gasteiger partial charge on any atom is -0.497 e. The van der Waals surface area contributed by atoms with Crippen molar-refractivity contribution in [3.05, 3.63) is 107 Å². The highest BCUT2D eigenvalue weighted by Crippen LogP contribution is 2.44. The molecule has 2 N–H and O–H groups in total. The number of nitrogens with zero attached hydrogens (tertiary/aromatic N) is 3. The van der Waals surface area contributed by atoms with E-state index in [1.165, 1.54) is 0 Å². The number of carboxylic acid groups (broad SMARTS) is 1. The van der Waals surface area contributed by atoms with E-state index in [9.17, 15) is 9.90 Å². The van der Waals surface area contributed by atoms with E-state index in [2.05, 4.69) is 32.8 Å². The third-order valence-corrected chi connectivity index (χ3v) is 7.25. The molecule has 0 radical (unpaired) electrons. The standard InChI is InChI=1S/C29H28N4O3S/c1-17-8-9-20(28(34)35)16-25(17)32-18(2)15-23(19(32)3)27-26(24-7-5-6-14-30-24)31-29(37)33(27)21-10-12-22(36-4)13-11-21/h5-16,26-27H,1-4H3,(H,31,37)(H,34,35). The monoisotopic (exact) mass is 512 g/mol. The molecule has 2 atom stereocenters. The number of hydrogen-bond donors (Lipinski definition) is 2. The van der Waals surface area contributed by atoms with Crippen LogP contribution >= 0.6 is 12.2 Å². The van der Waals surface area contributed by atoms with Crippen LogP contribution < -0.4 is 15.0 Å². The van der Waals surface area contributed by atoms with Crippen molar-refractivity contribution in [2.75, 3.05) is 12.0 Å². The Bertz CT molecular complexity index is 1480. The number of nitrogens with one attached hydrogen (secondary N) is 1. The van der Waals surface area contributed by atoms with E-state index in [1.54, 1.807) is 25.4 Å². The topological polar surface area (TPSA) is 79.6 Å². The Balaban J connectivity index is 1.68. The number of aromatic carboxylic acids is 1. The lowest BCUT2D eigenvalue weighted by molar-refractivity contribution is 0.0697. The molecule has 7 nitrogen and oxygen atoms in total. The molecule has 1 saturated heterocycles. The average molecular weight is 513 g/mol. The number of hydrogen-bond acceptors (Lipinski definition) is 4. The molecule has 5 rings (SSSR count). The Morgan fingerprint density at radius 3 is 2.46 bits per heavy atom. The van der Waals surface area contributed by atoms with E-state index < -0.39 is 5.97 Å². The number of pyridine rings is 1. The second kappa shape index (κ2) is 9.71. The van der Waals surface area contributed by atoms with Gasteiger partial charge in [-0.1, -0.05) is 12.1 Å². The van der Waals surface area contributed by atoms with Gasteiger partial charge >= 0.3 is 5.97 Å². The van der Waals surface area contributed by atoms with Gasteiger partial charge in [0.2, 0.25) is 0 Å². The van der Waals surface area contributed by atoms with Gasteiger partial charge in [-0.25, -0.2) is 4.79 Å². The number of carbonyl (C=O) groups is 1. The average Bonchev–Trinajstić information content (AvgIpc) is 3.39. The van der Waals surface area contributed by atoms with E-state index in [0.717, 1.165) is 45.3 Å². The molecule has 2 aromatic heterocycles. The highest BCUT2D eigenvalue weighted by molar-refractivity contribution is 7.80. The fourth-order valence-corrected chi connectivity index (χ4v) is 5.48. The number of aromatic nitrogens is 2. The van der Waals surface area contributed by atoms with Crippen LogP contribution in [0, 0.1) is 20.8 Å². The number of methoxy groups -OCH3 is 1. The van der Waals surface area contributed by atoms with Gasteiger partial charge < -0.3 is 24.6 Å². The zero-order valence-corrected chi connectivity index (χ0v) is 21.9. The number of rotatable bonds is 6. The van der Waals surface area contributed by atoms with E-state index in [-0.39, 0.29) is 17.6 Å². The van der Waals surface area contributed by atoms with Crippen LogP contribution in [0.1, 0.15) is 50.7 Å². The van der Waals surface area contributed by atoms with Crippen molar-refractivity contribution in [1.29, 1.82) is 0 Å². The first-order valence-electron chi connectivity index (χ1n) is 12.0. The molecule has 0 amide bonds. The minimum atomic E-state index is -0.949. The van der Waals surface area contributed by atoms with E-state index >= 15 is 0 Å². The van der Waals surface area contributed by atoms with E-state index in [0.29, 0.717) is 5.11 Å². The molecule has 188 valence electrons. The van der Waals surface area contributed by atoms with Crippen LogP contribution in [0.15, 0.2) is 72.9 Å². The van der Waals surface area contributed by atoms with Crippen LogP contribution in [0.2, 0.25) is 0 Å². The molecule has 2 aromatic carbocycles. The van der Waals surface area contributed by atoms with Gasteiger partial charge in [0.15, 0.2) is 5.11 Å². The first-order valence-corrected chi connectivity index (χ1v) is 12.4. The fraction of sp³-hybridized carbons (Fsp3) is 0.207. The van der Waals surface area contributed by atoms with E-state index in [1.807, 2.05) is 62.4 Å². The quantitative estimate of drug-likeness (QED) is 0.322. The Kier molecular flexibility index (Phi) is 6.43. The second-order valence-electron chi connectivity index (χ2n) is 9.16. The maximum atomic E-state index is 11.7. The summed E-state index contributed by atoms with van der Waals surface area (Å²) in [4.78, 5) is 18.5. The summed E-state index contributed by atoms with van der Waals surface area (Å²) in [6, 6.07) is 20.7. The molecule has 3 heterocycles. The molecule has 1 fully saturated rings. The molecule has 0 bridgehead atoms. The van der Waals surface area contributed by atoms with Gasteiger partial charge in [-0.3, -0.25) is 4.98 Å². The van der Waals surface area contributed by atoms with Gasteiger partial charge in [0.1, 0.15) is 5.75 Å². The van der Waals surface area contributed by atoms with Crippen molar-refractivity contribution < 1.29 is 14.6 Å². The zero-order valence-electron chi connectivity index (χ0n) is 21.1. The first kappa shape index (κ1) is 24.5. The molecule has 0 spiro atoms. The Morgan fingerprint density at radius 2 is 1.81 bits per heavy atom. The predicted molar refractivity (Wildman–Crippen MR) is 148 cm³/mol. The third-order valence-electron chi connectivity index (χ3n) is 6.93. The molecule has 1 aliphatic rings. The Hall–Kier alpha value is -4.17. The summed E-state index contributed by atoms with van der Waals surface area (Å²) in [5.41, 5.74) is 7.02. The molecular formula is C29H28N4O3S. The first-order chi connectivity index (χ1) is 17.8. The highest BCUT2D eigenvalue weighted by Gasteiger charge is 2.42. The maximum Gasteiger partial charge on any atom is 0.335 e. The SMILES string of the molecule is COc1ccc(N2C(=S)NC(c3ccccn3)C2c2cc(C)n(-c3cc(C(=O)O)ccc3C)c2C)cc1. The predicted octanol–water partition coefficient (Wildman–Crippen LogP) is 5.68. The van der Waals surface area contributed by atoms with Gasteiger partial charge in [-0.2, -0.15) is 0 Å². The van der Waals surface area contributed by atoms with Crippen molar-refractivity contribution in [3.8, 4) is 11.4 Å². The molecule has 4 aromatic rings. The summed E-state index contributed by atoms with van der Waals surface area (Å²) in [6.07, 6.45) is 1.79. The number of ether oxygens (including phenoxy) is 1. The largest absolute Gasteiger partial charge is 0.497 e. The van der Waals surface area contributed by atoms with Crippen molar-refractivity contribution in [2.24, 2.45) is 0 Å². The summed E-state index contributed by atoms with van der Waals surface area (Å²) < 4.78 is 7.49. The number of carboxylic acids is 1. The zero-order chi connectivity index (χ0) is 26.3. The lowest BCUT2D eigenvalue weighted by Gasteiger charge is -2.28. The van der Waals surface area contributed by atoms with Gasteiger partial charge in [-0.15, -0.1) is 0 Å². The summed E-state index contributed by atoms with van der Waals surface area (Å²) in [6.45, 7) is 6.10. The van der Waals surface area contributed by atoms with Gasteiger partial charge in [-0.05, 0) is 98.7 Å². The highest BCUT2D eigenvalue weighted by atomic mass is 32.1. The Morgan fingerprint density at radius 1 is 1.05 bits per heavy atom. The summed E-state index contributed by atoms with van der Waals surface area (Å²) in [5.74, 6) is -0.179. The molecule has 1 aliphatic heterocycles. The van der Waals surface area contributed by atoms with Crippen LogP contribution in [0.25, 0.3) is 5.69 Å². The summed E-state index contributed by atoms with van der Waals surface area (Å²) in [5, 5.41) is 13.7. The summed E-state index contributed by atoms with van der Waals surface area (Å²) >= 11 is 5.86. The van der Waals surface area contributed by atoms with Gasteiger partial charge in [0, 0.05) is 29.0 Å². The fourth-order valence-electron chi connectivity index (χ4n) is 5.13. The van der Waals surface area contributed by atoms with Crippen LogP contribution in [-0.4, -0.2) is 32.8 Å². The number of benzene rings is 2. The smallest absolute Gasteiger partial charge is 0.335 e. The molecule has 8 heteroatoms. The Labute approximate surface area is 221 Å². The molecule has 2 unspecified atom stereocenters. The van der Waals surface area contributed by atoms with Crippen molar-refractivity contribution >= 4 is 29.0 Å². The molecule has 0 aliphatic carbocycles. The number of thiocarbonyl (C=S) groups is 1. The lowest BCUT2D eigenvalue weighted by atomic mass is 9.96. The van der Waals surface area contributed by atoms with E-state index in [4.69, 9.17) is 17.0 Å². The summed E-state index contributed by atoms with van der Waals surface area (Å²) in [7, 11) is 1.65. The second-order valence-corrected chi connectivity index (χ2v) is 9.55. The third kappa shape index (κ3) is 4.34. The number of aryl methyl sites for hydroxylation is 2. The number of anilines is 1. The molecule has 0 saturated carbocycles. The minimum absolute atomic E-state index is 0.182. The van der Waals surface area contributed by atoms with Crippen LogP contribution in [0.5, 0.6) is 5.75 Å². The van der Waals surface area contributed by atoms with Crippen molar-refractivity contribution in [1.82, 2.24) is 14.9 Å². The van der Waals surface area contributed by atoms with Gasteiger partial charge in [0.25, 0.3) is 0 Å². The van der Waals surface area contributed by atoms with Crippen LogP contribution in [0.4, 0.5) is 5.69 Å². The van der Waals surface area contributed by atoms with Crippen LogP contribution in [-0.2, 0) is 0 Å². The normalized spacial score (nSPS) is 17.1. The molecular weight excluding hydrogens is 484 g/mol.